The van der Waals surface area contributed by atoms with Gasteiger partial charge in [-0.05, 0) is 41.5 Å². The van der Waals surface area contributed by atoms with Gasteiger partial charge in [0.2, 0.25) is 0 Å². The van der Waals surface area contributed by atoms with Gasteiger partial charge >= 0.3 is 0 Å². The topological polar surface area (TPSA) is 52.7 Å². The van der Waals surface area contributed by atoms with Crippen LogP contribution in [-0.2, 0) is 6.54 Å². The molecule has 0 spiro atoms. The molecule has 6 heteroatoms. The minimum absolute atomic E-state index is 0.0935. The van der Waals surface area contributed by atoms with Gasteiger partial charge in [0, 0.05) is 15.8 Å². The number of hydrogen-bond acceptors (Lipinski definition) is 3. The second-order valence-corrected chi connectivity index (χ2v) is 5.67. The quantitative estimate of drug-likeness (QED) is 0.758. The predicted octanol–water partition coefficient (Wildman–Crippen LogP) is 2.45. The van der Waals surface area contributed by atoms with Crippen LogP contribution in [0.25, 0.3) is 0 Å². The Balaban J connectivity index is 2.18. The van der Waals surface area contributed by atoms with E-state index in [9.17, 15) is 4.79 Å². The van der Waals surface area contributed by atoms with Gasteiger partial charge in [-0.1, -0.05) is 13.8 Å². The van der Waals surface area contributed by atoms with Crippen molar-refractivity contribution in [3.05, 3.63) is 44.1 Å². The van der Waals surface area contributed by atoms with E-state index in [0.717, 1.165) is 22.1 Å². The van der Waals surface area contributed by atoms with Gasteiger partial charge in [0.25, 0.3) is 5.56 Å². The van der Waals surface area contributed by atoms with Crippen molar-refractivity contribution < 1.29 is 0 Å². The lowest BCUT2D eigenvalue weighted by Gasteiger charge is -2.12. The molecule has 0 fully saturated rings. The standard InChI is InChI=1S/C13H17IN4O/c1-3-12(4-2)17-6-5-11(16-17)9-18-13(19)7-10(14)8-15-18/h5-8,12H,3-4,9H2,1-2H3. The normalized spacial score (nSPS) is 11.2. The Kier molecular flexibility index (Phi) is 4.73. The first-order valence-electron chi connectivity index (χ1n) is 6.40. The van der Waals surface area contributed by atoms with Crippen molar-refractivity contribution >= 4 is 22.6 Å². The Hall–Kier alpha value is -1.18. The summed E-state index contributed by atoms with van der Waals surface area (Å²) in [5.74, 6) is 0. The van der Waals surface area contributed by atoms with Gasteiger partial charge in [-0.25, -0.2) is 4.68 Å². The zero-order valence-electron chi connectivity index (χ0n) is 11.1. The predicted molar refractivity (Wildman–Crippen MR) is 82.2 cm³/mol. The zero-order valence-corrected chi connectivity index (χ0v) is 13.2. The molecule has 5 nitrogen and oxygen atoms in total. The molecule has 0 saturated heterocycles. The highest BCUT2D eigenvalue weighted by Crippen LogP contribution is 2.14. The summed E-state index contributed by atoms with van der Waals surface area (Å²) in [5.41, 5.74) is 0.770. The molecule has 0 amide bonds. The average Bonchev–Trinajstić information content (AvgIpc) is 2.83. The van der Waals surface area contributed by atoms with Crippen LogP contribution in [0.3, 0.4) is 0 Å². The molecule has 0 N–H and O–H groups in total. The van der Waals surface area contributed by atoms with Crippen LogP contribution in [0, 0.1) is 3.57 Å². The van der Waals surface area contributed by atoms with E-state index in [0.29, 0.717) is 12.6 Å². The van der Waals surface area contributed by atoms with Gasteiger partial charge in [-0.2, -0.15) is 10.2 Å². The van der Waals surface area contributed by atoms with E-state index in [-0.39, 0.29) is 5.56 Å². The van der Waals surface area contributed by atoms with E-state index in [2.05, 4.69) is 46.6 Å². The minimum Gasteiger partial charge on any atom is -0.269 e. The number of aromatic nitrogens is 4. The lowest BCUT2D eigenvalue weighted by Crippen LogP contribution is -2.23. The van der Waals surface area contributed by atoms with E-state index >= 15 is 0 Å². The van der Waals surface area contributed by atoms with Crippen LogP contribution >= 0.6 is 22.6 Å². The first-order valence-corrected chi connectivity index (χ1v) is 7.48. The molecule has 19 heavy (non-hydrogen) atoms. The highest BCUT2D eigenvalue weighted by Gasteiger charge is 2.09. The van der Waals surface area contributed by atoms with Crippen molar-refractivity contribution in [2.75, 3.05) is 0 Å². The summed E-state index contributed by atoms with van der Waals surface area (Å²) in [6.07, 6.45) is 5.77. The minimum atomic E-state index is -0.0935. The number of nitrogens with zero attached hydrogens (tertiary/aromatic N) is 4. The highest BCUT2D eigenvalue weighted by atomic mass is 127. The van der Waals surface area contributed by atoms with Crippen LogP contribution in [0.5, 0.6) is 0 Å². The van der Waals surface area contributed by atoms with E-state index in [4.69, 9.17) is 0 Å². The summed E-state index contributed by atoms with van der Waals surface area (Å²) in [5, 5.41) is 8.64. The van der Waals surface area contributed by atoms with Gasteiger partial charge < -0.3 is 0 Å². The monoisotopic (exact) mass is 372 g/mol. The molecule has 102 valence electrons. The third-order valence-corrected chi connectivity index (χ3v) is 3.72. The molecule has 0 aliphatic heterocycles. The van der Waals surface area contributed by atoms with Crippen molar-refractivity contribution in [1.82, 2.24) is 19.6 Å². The Morgan fingerprint density at radius 1 is 1.37 bits per heavy atom. The molecule has 0 aromatic carbocycles. The summed E-state index contributed by atoms with van der Waals surface area (Å²) < 4.78 is 4.26. The number of rotatable bonds is 5. The first kappa shape index (κ1) is 14.2. The molecule has 0 saturated carbocycles. The summed E-state index contributed by atoms with van der Waals surface area (Å²) in [7, 11) is 0. The van der Waals surface area contributed by atoms with E-state index in [1.807, 2.05) is 16.9 Å². The Morgan fingerprint density at radius 2 is 2.11 bits per heavy atom. The number of hydrogen-bond donors (Lipinski definition) is 0. The highest BCUT2D eigenvalue weighted by molar-refractivity contribution is 14.1. The molecular formula is C13H17IN4O. The lowest BCUT2D eigenvalue weighted by atomic mass is 10.2. The fraction of sp³-hybridized carbons (Fsp3) is 0.462. The van der Waals surface area contributed by atoms with Crippen molar-refractivity contribution in [1.29, 1.82) is 0 Å². The van der Waals surface area contributed by atoms with Gasteiger partial charge in [-0.15, -0.1) is 0 Å². The van der Waals surface area contributed by atoms with Crippen LogP contribution < -0.4 is 5.56 Å². The van der Waals surface area contributed by atoms with Crippen molar-refractivity contribution in [2.24, 2.45) is 0 Å². The zero-order chi connectivity index (χ0) is 13.8. The largest absolute Gasteiger partial charge is 0.269 e. The van der Waals surface area contributed by atoms with Crippen molar-refractivity contribution in [2.45, 2.75) is 39.3 Å². The van der Waals surface area contributed by atoms with E-state index in [1.54, 1.807) is 12.3 Å². The fourth-order valence-corrected chi connectivity index (χ4v) is 2.40. The van der Waals surface area contributed by atoms with Crippen molar-refractivity contribution in [3.8, 4) is 0 Å². The summed E-state index contributed by atoms with van der Waals surface area (Å²) >= 11 is 2.08. The van der Waals surface area contributed by atoms with Gasteiger partial charge in [-0.3, -0.25) is 9.48 Å². The maximum atomic E-state index is 11.8. The molecule has 0 aliphatic carbocycles. The summed E-state index contributed by atoms with van der Waals surface area (Å²) in [6, 6.07) is 3.95. The van der Waals surface area contributed by atoms with Crippen LogP contribution in [0.4, 0.5) is 0 Å². The molecule has 2 aromatic rings. The lowest BCUT2D eigenvalue weighted by molar-refractivity contribution is 0.423. The molecule has 0 unspecified atom stereocenters. The smallest absolute Gasteiger partial charge is 0.268 e. The Morgan fingerprint density at radius 3 is 2.74 bits per heavy atom. The molecule has 2 heterocycles. The second-order valence-electron chi connectivity index (χ2n) is 4.43. The van der Waals surface area contributed by atoms with Gasteiger partial charge in [0.1, 0.15) is 0 Å². The van der Waals surface area contributed by atoms with Crippen LogP contribution in [-0.4, -0.2) is 19.6 Å². The maximum Gasteiger partial charge on any atom is 0.268 e. The average molecular weight is 372 g/mol. The van der Waals surface area contributed by atoms with E-state index < -0.39 is 0 Å². The maximum absolute atomic E-state index is 11.8. The first-order chi connectivity index (χ1) is 9.13. The Labute approximate surface area is 125 Å². The third-order valence-electron chi connectivity index (χ3n) is 3.13. The molecule has 0 aliphatic rings. The van der Waals surface area contributed by atoms with Gasteiger partial charge in [0.05, 0.1) is 24.5 Å². The van der Waals surface area contributed by atoms with Gasteiger partial charge in [0.15, 0.2) is 0 Å². The van der Waals surface area contributed by atoms with Crippen molar-refractivity contribution in [3.63, 3.8) is 0 Å². The van der Waals surface area contributed by atoms with E-state index in [1.165, 1.54) is 4.68 Å². The SMILES string of the molecule is CCC(CC)n1ccc(Cn2ncc(I)cc2=O)n1. The third kappa shape index (κ3) is 3.43. The molecule has 2 rings (SSSR count). The molecule has 2 aromatic heterocycles. The molecule has 0 atom stereocenters. The Bertz CT molecular complexity index is 601. The molecule has 0 radical (unpaired) electrons. The summed E-state index contributed by atoms with van der Waals surface area (Å²) in [4.78, 5) is 11.8. The molecule has 0 bridgehead atoms. The van der Waals surface area contributed by atoms with Crippen LogP contribution in [0.2, 0.25) is 0 Å². The second kappa shape index (κ2) is 6.31. The van der Waals surface area contributed by atoms with Crippen LogP contribution in [0.15, 0.2) is 29.3 Å². The molecular weight excluding hydrogens is 355 g/mol. The number of halogens is 1. The van der Waals surface area contributed by atoms with Crippen LogP contribution in [0.1, 0.15) is 38.4 Å². The summed E-state index contributed by atoms with van der Waals surface area (Å²) in [6.45, 7) is 4.73. The fourth-order valence-electron chi connectivity index (χ4n) is 2.01.